The molecule has 2 aliphatic carbocycles. The summed E-state index contributed by atoms with van der Waals surface area (Å²) in [6.07, 6.45) is -4.24. The fourth-order valence-electron chi connectivity index (χ4n) is 2.95. The largest absolute Gasteiger partial charge is 0.400 e. The Morgan fingerprint density at radius 1 is 1.07 bits per heavy atom. The number of rotatable bonds is 0. The van der Waals surface area contributed by atoms with Crippen molar-refractivity contribution in [3.8, 4) is 0 Å². The molecule has 0 aromatic heterocycles. The molecule has 0 heterocycles. The predicted molar refractivity (Wildman–Crippen MR) is 39.9 cm³/mol. The average Bonchev–Trinajstić information content (AvgIpc) is 2.52. The van der Waals surface area contributed by atoms with Crippen molar-refractivity contribution in [3.63, 3.8) is 0 Å². The van der Waals surface area contributed by atoms with Crippen LogP contribution in [0.2, 0.25) is 0 Å². The maximum absolute atomic E-state index is 13.5. The van der Waals surface area contributed by atoms with Gasteiger partial charge in [-0.05, 0) is 32.1 Å². The van der Waals surface area contributed by atoms with E-state index in [-0.39, 0.29) is 19.3 Å². The van der Waals surface area contributed by atoms with Crippen LogP contribution in [0.15, 0.2) is 0 Å². The summed E-state index contributed by atoms with van der Waals surface area (Å²) >= 11 is 0. The van der Waals surface area contributed by atoms with E-state index in [0.29, 0.717) is 6.92 Å². The van der Waals surface area contributed by atoms with E-state index in [0.717, 1.165) is 0 Å². The van der Waals surface area contributed by atoms with Crippen molar-refractivity contribution in [2.75, 3.05) is 0 Å². The van der Waals surface area contributed by atoms with Crippen LogP contribution in [-0.2, 0) is 0 Å². The molecule has 2 bridgehead atoms. The second-order valence-corrected chi connectivity index (χ2v) is 4.53. The van der Waals surface area contributed by atoms with Crippen LogP contribution >= 0.6 is 0 Å². The zero-order valence-electron chi connectivity index (χ0n) is 7.67. The Hall–Kier alpha value is -0.350. The summed E-state index contributed by atoms with van der Waals surface area (Å²) in [5, 5.41) is 0. The predicted octanol–water partition coefficient (Wildman–Crippen LogP) is 3.62. The third-order valence-corrected chi connectivity index (χ3v) is 4.04. The van der Waals surface area contributed by atoms with Gasteiger partial charge in [0.1, 0.15) is 5.41 Å². The third kappa shape index (κ3) is 0.885. The Morgan fingerprint density at radius 3 is 1.86 bits per heavy atom. The lowest BCUT2D eigenvalue weighted by Gasteiger charge is -2.41. The molecular weight excluding hydrogens is 203 g/mol. The first-order valence-electron chi connectivity index (χ1n) is 4.66. The Morgan fingerprint density at radius 2 is 1.57 bits per heavy atom. The summed E-state index contributed by atoms with van der Waals surface area (Å²) in [7, 11) is 0. The lowest BCUT2D eigenvalue weighted by molar-refractivity contribution is -0.308. The zero-order chi connectivity index (χ0) is 10.8. The molecule has 3 unspecified atom stereocenters. The molecular formula is C9H11F5. The van der Waals surface area contributed by atoms with Gasteiger partial charge in [0.05, 0.1) is 0 Å². The van der Waals surface area contributed by atoms with Gasteiger partial charge in [-0.2, -0.15) is 13.2 Å². The summed E-state index contributed by atoms with van der Waals surface area (Å²) < 4.78 is 64.8. The van der Waals surface area contributed by atoms with Crippen molar-refractivity contribution < 1.29 is 22.0 Å². The highest BCUT2D eigenvalue weighted by atomic mass is 19.4. The Labute approximate surface area is 78.5 Å². The maximum atomic E-state index is 13.5. The van der Waals surface area contributed by atoms with Crippen molar-refractivity contribution in [2.24, 2.45) is 17.3 Å². The highest BCUT2D eigenvalue weighted by Gasteiger charge is 2.77. The van der Waals surface area contributed by atoms with E-state index >= 15 is 0 Å². The van der Waals surface area contributed by atoms with Gasteiger partial charge < -0.3 is 0 Å². The second kappa shape index (κ2) is 2.42. The monoisotopic (exact) mass is 214 g/mol. The molecule has 2 fully saturated rings. The molecule has 82 valence electrons. The van der Waals surface area contributed by atoms with Crippen LogP contribution in [0.1, 0.15) is 26.2 Å². The minimum absolute atomic E-state index is 0.0308. The summed E-state index contributed by atoms with van der Waals surface area (Å²) in [6.45, 7) is 0.677. The molecule has 14 heavy (non-hydrogen) atoms. The van der Waals surface area contributed by atoms with Crippen molar-refractivity contribution in [1.82, 2.24) is 0 Å². The smallest absolute Gasteiger partial charge is 0.206 e. The van der Waals surface area contributed by atoms with E-state index in [1.54, 1.807) is 0 Å². The quantitative estimate of drug-likeness (QED) is 0.540. The average molecular weight is 214 g/mol. The first-order valence-corrected chi connectivity index (χ1v) is 4.66. The minimum atomic E-state index is -4.80. The van der Waals surface area contributed by atoms with E-state index in [1.807, 2.05) is 0 Å². The van der Waals surface area contributed by atoms with Gasteiger partial charge in [0.25, 0.3) is 5.92 Å². The van der Waals surface area contributed by atoms with Gasteiger partial charge in [0, 0.05) is 5.92 Å². The molecule has 0 radical (unpaired) electrons. The van der Waals surface area contributed by atoms with Crippen LogP contribution in [0.4, 0.5) is 22.0 Å². The molecule has 0 spiro atoms. The topological polar surface area (TPSA) is 0 Å². The summed E-state index contributed by atoms with van der Waals surface area (Å²) in [6, 6.07) is 0. The number of alkyl halides is 5. The van der Waals surface area contributed by atoms with Crippen molar-refractivity contribution in [3.05, 3.63) is 0 Å². The molecule has 0 aliphatic heterocycles. The highest BCUT2D eigenvalue weighted by Crippen LogP contribution is 2.69. The molecule has 2 saturated carbocycles. The van der Waals surface area contributed by atoms with Crippen molar-refractivity contribution in [1.29, 1.82) is 0 Å². The normalized spacial score (nSPS) is 45.9. The standard InChI is InChI=1S/C9H11F5/c1-7(9(12,13)14)5-2-3-6(4-5)8(7,10)11/h5-6H,2-4H2,1H3. The Balaban J connectivity index is 2.44. The number of hydrogen-bond donors (Lipinski definition) is 0. The minimum Gasteiger partial charge on any atom is -0.206 e. The highest BCUT2D eigenvalue weighted by molar-refractivity contribution is 5.12. The van der Waals surface area contributed by atoms with Gasteiger partial charge in [-0.1, -0.05) is 0 Å². The van der Waals surface area contributed by atoms with Crippen LogP contribution in [-0.4, -0.2) is 12.1 Å². The van der Waals surface area contributed by atoms with Crippen LogP contribution < -0.4 is 0 Å². The Bertz CT molecular complexity index is 256. The first kappa shape index (κ1) is 10.2. The molecule has 0 aromatic rings. The van der Waals surface area contributed by atoms with E-state index in [4.69, 9.17) is 0 Å². The van der Waals surface area contributed by atoms with E-state index in [9.17, 15) is 22.0 Å². The van der Waals surface area contributed by atoms with E-state index in [2.05, 4.69) is 0 Å². The Kier molecular flexibility index (Phi) is 1.76. The molecule has 0 amide bonds. The molecule has 2 aliphatic rings. The molecule has 0 saturated heterocycles. The molecule has 2 rings (SSSR count). The molecule has 5 heteroatoms. The zero-order valence-corrected chi connectivity index (χ0v) is 7.67. The van der Waals surface area contributed by atoms with Crippen LogP contribution in [0, 0.1) is 17.3 Å². The molecule has 0 nitrogen and oxygen atoms in total. The lowest BCUT2D eigenvalue weighted by Crippen LogP contribution is -2.53. The molecule has 3 atom stereocenters. The van der Waals surface area contributed by atoms with Crippen molar-refractivity contribution in [2.45, 2.75) is 38.3 Å². The maximum Gasteiger partial charge on any atom is 0.400 e. The fourth-order valence-corrected chi connectivity index (χ4v) is 2.95. The lowest BCUT2D eigenvalue weighted by atomic mass is 9.71. The first-order chi connectivity index (χ1) is 6.21. The van der Waals surface area contributed by atoms with Crippen molar-refractivity contribution >= 4 is 0 Å². The summed E-state index contributed by atoms with van der Waals surface area (Å²) in [5.41, 5.74) is -2.79. The van der Waals surface area contributed by atoms with Gasteiger partial charge in [-0.3, -0.25) is 0 Å². The van der Waals surface area contributed by atoms with Gasteiger partial charge >= 0.3 is 6.18 Å². The van der Waals surface area contributed by atoms with Gasteiger partial charge in [-0.15, -0.1) is 0 Å². The van der Waals surface area contributed by atoms with Crippen LogP contribution in [0.5, 0.6) is 0 Å². The van der Waals surface area contributed by atoms with E-state index < -0.39 is 29.3 Å². The van der Waals surface area contributed by atoms with Gasteiger partial charge in [0.15, 0.2) is 0 Å². The van der Waals surface area contributed by atoms with Gasteiger partial charge in [-0.25, -0.2) is 8.78 Å². The van der Waals surface area contributed by atoms with Crippen LogP contribution in [0.25, 0.3) is 0 Å². The molecule has 0 N–H and O–H groups in total. The fraction of sp³-hybridized carbons (Fsp3) is 1.00. The van der Waals surface area contributed by atoms with Crippen LogP contribution in [0.3, 0.4) is 0 Å². The SMILES string of the molecule is CC1(C(F)(F)F)C2CCC(C2)C1(F)F. The summed E-state index contributed by atoms with van der Waals surface area (Å²) in [4.78, 5) is 0. The third-order valence-electron chi connectivity index (χ3n) is 4.04. The number of hydrogen-bond acceptors (Lipinski definition) is 0. The summed E-state index contributed by atoms with van der Waals surface area (Å²) in [5.74, 6) is -5.52. The van der Waals surface area contributed by atoms with Gasteiger partial charge in [0.2, 0.25) is 0 Å². The van der Waals surface area contributed by atoms with E-state index in [1.165, 1.54) is 0 Å². The number of fused-ring (bicyclic) bond motifs is 2. The second-order valence-electron chi connectivity index (χ2n) is 4.53. The number of halogens is 5. The molecule has 0 aromatic carbocycles.